The molecule has 0 saturated heterocycles. The number of hydrogen-bond donors (Lipinski definition) is 2. The van der Waals surface area contributed by atoms with Crippen LogP contribution in [0.3, 0.4) is 0 Å². The molecule has 0 aliphatic heterocycles. The molecule has 0 bridgehead atoms. The number of anilines is 1. The molecule has 0 unspecified atom stereocenters. The van der Waals surface area contributed by atoms with E-state index in [0.29, 0.717) is 11.5 Å². The van der Waals surface area contributed by atoms with Crippen LogP contribution in [0.25, 0.3) is 11.4 Å². The largest absolute Gasteiger partial charge is 0.399 e. The monoisotopic (exact) mass is 204 g/mol. The Hall–Kier alpha value is -2.37. The molecule has 0 radical (unpaired) electrons. The standard InChI is InChI=1S/C9H8N4O2/c10-7-3-1-6(2-4-7)9-11-5-8(12-9)13(14)15/h1-5H,10H2,(H,11,12). The first-order valence-corrected chi connectivity index (χ1v) is 4.22. The normalized spacial score (nSPS) is 10.1. The Morgan fingerprint density at radius 2 is 2.00 bits per heavy atom. The smallest absolute Gasteiger partial charge is 0.340 e. The fourth-order valence-corrected chi connectivity index (χ4v) is 1.19. The highest BCUT2D eigenvalue weighted by molar-refractivity contribution is 5.59. The number of nitrogens with two attached hydrogens (primary N) is 1. The van der Waals surface area contributed by atoms with E-state index in [0.717, 1.165) is 5.56 Å². The SMILES string of the molecule is Nc1ccc(-c2ncc([N+](=O)[O-])[nH]2)cc1. The number of H-pyrrole nitrogens is 1. The molecule has 1 aromatic heterocycles. The molecule has 76 valence electrons. The van der Waals surface area contributed by atoms with Crippen LogP contribution in [0.4, 0.5) is 11.5 Å². The summed E-state index contributed by atoms with van der Waals surface area (Å²) in [6.45, 7) is 0. The van der Waals surface area contributed by atoms with Gasteiger partial charge in [-0.05, 0) is 29.2 Å². The van der Waals surface area contributed by atoms with Crippen molar-refractivity contribution in [3.63, 3.8) is 0 Å². The van der Waals surface area contributed by atoms with E-state index in [-0.39, 0.29) is 5.82 Å². The molecule has 3 N–H and O–H groups in total. The van der Waals surface area contributed by atoms with Crippen molar-refractivity contribution in [2.45, 2.75) is 0 Å². The summed E-state index contributed by atoms with van der Waals surface area (Å²) in [6, 6.07) is 6.92. The lowest BCUT2D eigenvalue weighted by molar-refractivity contribution is -0.389. The molecule has 0 atom stereocenters. The molecule has 6 heteroatoms. The molecule has 0 aliphatic carbocycles. The number of hydrogen-bond acceptors (Lipinski definition) is 4. The van der Waals surface area contributed by atoms with Crippen molar-refractivity contribution < 1.29 is 4.92 Å². The Bertz CT molecular complexity index is 489. The van der Waals surface area contributed by atoms with E-state index in [4.69, 9.17) is 5.73 Å². The zero-order valence-electron chi connectivity index (χ0n) is 7.68. The van der Waals surface area contributed by atoms with Crippen molar-refractivity contribution >= 4 is 11.5 Å². The fourth-order valence-electron chi connectivity index (χ4n) is 1.19. The highest BCUT2D eigenvalue weighted by Crippen LogP contribution is 2.19. The lowest BCUT2D eigenvalue weighted by atomic mass is 10.2. The van der Waals surface area contributed by atoms with Gasteiger partial charge in [-0.25, -0.2) is 9.97 Å². The van der Waals surface area contributed by atoms with Crippen molar-refractivity contribution in [1.82, 2.24) is 9.97 Å². The van der Waals surface area contributed by atoms with Crippen LogP contribution in [-0.2, 0) is 0 Å². The average molecular weight is 204 g/mol. The Kier molecular flexibility index (Phi) is 2.09. The van der Waals surface area contributed by atoms with Crippen LogP contribution in [0.5, 0.6) is 0 Å². The summed E-state index contributed by atoms with van der Waals surface area (Å²) in [6.07, 6.45) is 1.19. The lowest BCUT2D eigenvalue weighted by Gasteiger charge is -1.94. The second-order valence-corrected chi connectivity index (χ2v) is 3.00. The highest BCUT2D eigenvalue weighted by Gasteiger charge is 2.11. The minimum absolute atomic E-state index is 0.123. The minimum Gasteiger partial charge on any atom is -0.399 e. The summed E-state index contributed by atoms with van der Waals surface area (Å²) in [7, 11) is 0. The summed E-state index contributed by atoms with van der Waals surface area (Å²) in [5.41, 5.74) is 6.92. The Balaban J connectivity index is 2.37. The predicted molar refractivity (Wildman–Crippen MR) is 55.1 cm³/mol. The van der Waals surface area contributed by atoms with Gasteiger partial charge in [0.25, 0.3) is 0 Å². The molecule has 0 fully saturated rings. The third-order valence-electron chi connectivity index (χ3n) is 1.94. The van der Waals surface area contributed by atoms with Gasteiger partial charge in [0.05, 0.1) is 0 Å². The maximum atomic E-state index is 10.4. The molecule has 0 saturated carbocycles. The molecule has 6 nitrogen and oxygen atoms in total. The zero-order valence-corrected chi connectivity index (χ0v) is 7.68. The van der Waals surface area contributed by atoms with Gasteiger partial charge in [0.15, 0.2) is 0 Å². The molecular weight excluding hydrogens is 196 g/mol. The second kappa shape index (κ2) is 3.41. The van der Waals surface area contributed by atoms with Gasteiger partial charge in [-0.15, -0.1) is 0 Å². The minimum atomic E-state index is -0.520. The van der Waals surface area contributed by atoms with E-state index in [1.165, 1.54) is 6.20 Å². The van der Waals surface area contributed by atoms with Crippen LogP contribution >= 0.6 is 0 Å². The number of rotatable bonds is 2. The highest BCUT2D eigenvalue weighted by atomic mass is 16.6. The Labute approximate surface area is 84.9 Å². The fraction of sp³-hybridized carbons (Fsp3) is 0. The molecule has 0 spiro atoms. The second-order valence-electron chi connectivity index (χ2n) is 3.00. The van der Waals surface area contributed by atoms with E-state index in [9.17, 15) is 10.1 Å². The van der Waals surface area contributed by atoms with Crippen LogP contribution in [0.1, 0.15) is 0 Å². The number of nitrogen functional groups attached to an aromatic ring is 1. The molecule has 2 rings (SSSR count). The first-order valence-electron chi connectivity index (χ1n) is 4.22. The summed E-state index contributed by atoms with van der Waals surface area (Å²) >= 11 is 0. The number of nitro groups is 1. The van der Waals surface area contributed by atoms with Crippen LogP contribution < -0.4 is 5.73 Å². The molecule has 0 amide bonds. The molecule has 0 aliphatic rings. The number of nitrogens with one attached hydrogen (secondary N) is 1. The van der Waals surface area contributed by atoms with E-state index < -0.39 is 4.92 Å². The van der Waals surface area contributed by atoms with Crippen LogP contribution in [0, 0.1) is 10.1 Å². The van der Waals surface area contributed by atoms with E-state index >= 15 is 0 Å². The third kappa shape index (κ3) is 1.78. The van der Waals surface area contributed by atoms with Gasteiger partial charge in [0, 0.05) is 11.3 Å². The van der Waals surface area contributed by atoms with E-state index in [1.54, 1.807) is 24.3 Å². The summed E-state index contributed by atoms with van der Waals surface area (Å²) in [5.74, 6) is 0.337. The van der Waals surface area contributed by atoms with Crippen LogP contribution in [0.2, 0.25) is 0 Å². The van der Waals surface area contributed by atoms with Gasteiger partial charge in [0.1, 0.15) is 6.20 Å². The topological polar surface area (TPSA) is 97.8 Å². The van der Waals surface area contributed by atoms with Crippen LogP contribution in [-0.4, -0.2) is 14.9 Å². The number of nitrogens with zero attached hydrogens (tertiary/aromatic N) is 2. The number of aromatic amines is 1. The first-order chi connectivity index (χ1) is 7.16. The number of aromatic nitrogens is 2. The number of imidazole rings is 1. The third-order valence-corrected chi connectivity index (χ3v) is 1.94. The van der Waals surface area contributed by atoms with Gasteiger partial charge < -0.3 is 15.8 Å². The molecular formula is C9H8N4O2. The first kappa shape index (κ1) is 9.20. The zero-order chi connectivity index (χ0) is 10.8. The van der Waals surface area contributed by atoms with E-state index in [1.807, 2.05) is 0 Å². The van der Waals surface area contributed by atoms with Gasteiger partial charge in [-0.1, -0.05) is 0 Å². The maximum absolute atomic E-state index is 10.4. The predicted octanol–water partition coefficient (Wildman–Crippen LogP) is 1.57. The van der Waals surface area contributed by atoms with Gasteiger partial charge in [-0.3, -0.25) is 0 Å². The molecule has 1 heterocycles. The quantitative estimate of drug-likeness (QED) is 0.440. The van der Waals surface area contributed by atoms with Crippen molar-refractivity contribution in [3.05, 3.63) is 40.6 Å². The molecule has 1 aromatic carbocycles. The summed E-state index contributed by atoms with van der Waals surface area (Å²) < 4.78 is 0. The Morgan fingerprint density at radius 3 is 2.53 bits per heavy atom. The molecule has 2 aromatic rings. The molecule has 15 heavy (non-hydrogen) atoms. The van der Waals surface area contributed by atoms with Gasteiger partial charge in [-0.2, -0.15) is 0 Å². The van der Waals surface area contributed by atoms with Gasteiger partial charge in [0.2, 0.25) is 5.82 Å². The van der Waals surface area contributed by atoms with Crippen molar-refractivity contribution in [2.75, 3.05) is 5.73 Å². The summed E-state index contributed by atoms with van der Waals surface area (Å²) in [4.78, 5) is 16.4. The average Bonchev–Trinajstić information content (AvgIpc) is 2.68. The van der Waals surface area contributed by atoms with E-state index in [2.05, 4.69) is 9.97 Å². The van der Waals surface area contributed by atoms with Crippen molar-refractivity contribution in [3.8, 4) is 11.4 Å². The maximum Gasteiger partial charge on any atom is 0.340 e. The Morgan fingerprint density at radius 1 is 1.33 bits per heavy atom. The van der Waals surface area contributed by atoms with Gasteiger partial charge >= 0.3 is 5.82 Å². The lowest BCUT2D eigenvalue weighted by Crippen LogP contribution is -1.88. The van der Waals surface area contributed by atoms with Crippen molar-refractivity contribution in [2.24, 2.45) is 0 Å². The number of benzene rings is 1. The van der Waals surface area contributed by atoms with Crippen LogP contribution in [0.15, 0.2) is 30.5 Å². The van der Waals surface area contributed by atoms with Crippen molar-refractivity contribution in [1.29, 1.82) is 0 Å². The summed E-state index contributed by atoms with van der Waals surface area (Å²) in [5, 5.41) is 10.4.